The normalized spacial score (nSPS) is 47.1. The lowest BCUT2D eigenvalue weighted by molar-refractivity contribution is 0.159. The van der Waals surface area contributed by atoms with Crippen LogP contribution in [-0.2, 0) is 4.74 Å². The third kappa shape index (κ3) is 0.956. The smallest absolute Gasteiger partial charge is 0.0536 e. The molecule has 0 aromatic rings. The highest BCUT2D eigenvalue weighted by molar-refractivity contribution is 4.94. The first-order valence-corrected chi connectivity index (χ1v) is 4.12. The van der Waals surface area contributed by atoms with Crippen molar-refractivity contribution >= 4 is 0 Å². The zero-order chi connectivity index (χ0) is 7.03. The molecule has 58 valence electrons. The summed E-state index contributed by atoms with van der Waals surface area (Å²) in [6.45, 7) is 5.40. The molecular formula is C8H15NO. The molecule has 2 rings (SSSR count). The minimum absolute atomic E-state index is 0.527. The number of hydrogen-bond donors (Lipinski definition) is 1. The zero-order valence-corrected chi connectivity index (χ0v) is 6.52. The highest BCUT2D eigenvalue weighted by Gasteiger charge is 2.40. The quantitative estimate of drug-likeness (QED) is 0.538. The molecule has 0 aliphatic carbocycles. The molecule has 2 unspecified atom stereocenters. The van der Waals surface area contributed by atoms with E-state index in [0.29, 0.717) is 11.5 Å². The maximum absolute atomic E-state index is 5.39. The maximum atomic E-state index is 5.39. The van der Waals surface area contributed by atoms with E-state index < -0.39 is 0 Å². The molecule has 0 saturated carbocycles. The fourth-order valence-corrected chi connectivity index (χ4v) is 2.13. The van der Waals surface area contributed by atoms with E-state index in [1.54, 1.807) is 0 Å². The van der Waals surface area contributed by atoms with Crippen molar-refractivity contribution in [2.75, 3.05) is 19.8 Å². The molecule has 1 spiro atoms. The first-order chi connectivity index (χ1) is 4.81. The molecule has 0 radical (unpaired) electrons. The molecular weight excluding hydrogens is 126 g/mol. The molecule has 2 atom stereocenters. The Morgan fingerprint density at radius 3 is 3.00 bits per heavy atom. The Hall–Kier alpha value is -0.0800. The second-order valence-corrected chi connectivity index (χ2v) is 3.79. The zero-order valence-electron chi connectivity index (χ0n) is 6.52. The third-order valence-electron chi connectivity index (χ3n) is 2.75. The summed E-state index contributed by atoms with van der Waals surface area (Å²) in [5.74, 6) is 0. The Kier molecular flexibility index (Phi) is 1.46. The molecule has 2 saturated heterocycles. The van der Waals surface area contributed by atoms with Crippen molar-refractivity contribution in [2.45, 2.75) is 25.8 Å². The van der Waals surface area contributed by atoms with Crippen LogP contribution < -0.4 is 5.32 Å². The van der Waals surface area contributed by atoms with Crippen molar-refractivity contribution in [3.63, 3.8) is 0 Å². The molecule has 1 N–H and O–H groups in total. The van der Waals surface area contributed by atoms with E-state index in [-0.39, 0.29) is 0 Å². The summed E-state index contributed by atoms with van der Waals surface area (Å²) < 4.78 is 5.39. The number of nitrogens with one attached hydrogen (secondary N) is 1. The van der Waals surface area contributed by atoms with Gasteiger partial charge in [0, 0.05) is 24.6 Å². The summed E-state index contributed by atoms with van der Waals surface area (Å²) in [7, 11) is 0. The third-order valence-corrected chi connectivity index (χ3v) is 2.75. The summed E-state index contributed by atoms with van der Waals surface area (Å²) in [5, 5.41) is 3.47. The minimum Gasteiger partial charge on any atom is -0.381 e. The van der Waals surface area contributed by atoms with Gasteiger partial charge in [-0.3, -0.25) is 0 Å². The van der Waals surface area contributed by atoms with Gasteiger partial charge in [0.05, 0.1) is 6.61 Å². The predicted molar refractivity (Wildman–Crippen MR) is 40.0 cm³/mol. The SMILES string of the molecule is CC1CC2(CCOC2)CN1. The summed E-state index contributed by atoms with van der Waals surface area (Å²) >= 11 is 0. The first-order valence-electron chi connectivity index (χ1n) is 4.12. The van der Waals surface area contributed by atoms with Crippen molar-refractivity contribution < 1.29 is 4.74 Å². The average molecular weight is 141 g/mol. The highest BCUT2D eigenvalue weighted by Crippen LogP contribution is 2.36. The molecule has 0 aromatic carbocycles. The van der Waals surface area contributed by atoms with Crippen LogP contribution in [0, 0.1) is 5.41 Å². The van der Waals surface area contributed by atoms with Crippen molar-refractivity contribution in [2.24, 2.45) is 5.41 Å². The molecule has 0 aromatic heterocycles. The van der Waals surface area contributed by atoms with Gasteiger partial charge in [-0.15, -0.1) is 0 Å². The summed E-state index contributed by atoms with van der Waals surface area (Å²) in [6.07, 6.45) is 2.58. The van der Waals surface area contributed by atoms with Crippen LogP contribution in [0.4, 0.5) is 0 Å². The summed E-state index contributed by atoms with van der Waals surface area (Å²) in [5.41, 5.74) is 0.527. The lowest BCUT2D eigenvalue weighted by atomic mass is 9.85. The molecule has 10 heavy (non-hydrogen) atoms. The van der Waals surface area contributed by atoms with Gasteiger partial charge in [0.25, 0.3) is 0 Å². The van der Waals surface area contributed by atoms with E-state index in [9.17, 15) is 0 Å². The molecule has 0 amide bonds. The largest absolute Gasteiger partial charge is 0.381 e. The molecule has 2 heterocycles. The van der Waals surface area contributed by atoms with Gasteiger partial charge in [0.1, 0.15) is 0 Å². The van der Waals surface area contributed by atoms with E-state index in [4.69, 9.17) is 4.74 Å². The monoisotopic (exact) mass is 141 g/mol. The minimum atomic E-state index is 0.527. The highest BCUT2D eigenvalue weighted by atomic mass is 16.5. The lowest BCUT2D eigenvalue weighted by Gasteiger charge is -2.18. The van der Waals surface area contributed by atoms with Gasteiger partial charge in [-0.05, 0) is 19.8 Å². The van der Waals surface area contributed by atoms with E-state index in [0.717, 1.165) is 13.2 Å². The van der Waals surface area contributed by atoms with E-state index in [1.165, 1.54) is 19.4 Å². The van der Waals surface area contributed by atoms with Crippen LogP contribution in [0.25, 0.3) is 0 Å². The fraction of sp³-hybridized carbons (Fsp3) is 1.00. The van der Waals surface area contributed by atoms with Gasteiger partial charge in [-0.2, -0.15) is 0 Å². The topological polar surface area (TPSA) is 21.3 Å². The second-order valence-electron chi connectivity index (χ2n) is 3.79. The van der Waals surface area contributed by atoms with Gasteiger partial charge in [0.15, 0.2) is 0 Å². The number of ether oxygens (including phenoxy) is 1. The molecule has 2 aliphatic heterocycles. The van der Waals surface area contributed by atoms with Crippen LogP contribution in [0.3, 0.4) is 0 Å². The van der Waals surface area contributed by atoms with Crippen molar-refractivity contribution in [3.8, 4) is 0 Å². The standard InChI is InChI=1S/C8H15NO/c1-7-4-8(5-9-7)2-3-10-6-8/h7,9H,2-6H2,1H3. The van der Waals surface area contributed by atoms with Gasteiger partial charge in [-0.1, -0.05) is 0 Å². The van der Waals surface area contributed by atoms with Crippen LogP contribution in [0.1, 0.15) is 19.8 Å². The van der Waals surface area contributed by atoms with Crippen molar-refractivity contribution in [1.82, 2.24) is 5.32 Å². The fourth-order valence-electron chi connectivity index (χ4n) is 2.13. The maximum Gasteiger partial charge on any atom is 0.0536 e. The Balaban J connectivity index is 2.03. The summed E-state index contributed by atoms with van der Waals surface area (Å²) in [4.78, 5) is 0. The Bertz CT molecular complexity index is 129. The van der Waals surface area contributed by atoms with Crippen molar-refractivity contribution in [1.29, 1.82) is 0 Å². The first kappa shape index (κ1) is 6.62. The molecule has 2 aliphatic rings. The molecule has 2 fully saturated rings. The Labute approximate surface area is 61.9 Å². The van der Waals surface area contributed by atoms with Gasteiger partial charge < -0.3 is 10.1 Å². The van der Waals surface area contributed by atoms with Crippen LogP contribution in [0.15, 0.2) is 0 Å². The van der Waals surface area contributed by atoms with E-state index >= 15 is 0 Å². The van der Waals surface area contributed by atoms with E-state index in [1.807, 2.05) is 0 Å². The van der Waals surface area contributed by atoms with Crippen molar-refractivity contribution in [3.05, 3.63) is 0 Å². The van der Waals surface area contributed by atoms with Gasteiger partial charge in [0.2, 0.25) is 0 Å². The number of rotatable bonds is 0. The predicted octanol–water partition coefficient (Wildman–Crippen LogP) is 0.775. The van der Waals surface area contributed by atoms with E-state index in [2.05, 4.69) is 12.2 Å². The lowest BCUT2D eigenvalue weighted by Crippen LogP contribution is -2.23. The Morgan fingerprint density at radius 2 is 2.50 bits per heavy atom. The number of hydrogen-bond acceptors (Lipinski definition) is 2. The van der Waals surface area contributed by atoms with Crippen LogP contribution in [0.5, 0.6) is 0 Å². The van der Waals surface area contributed by atoms with Crippen LogP contribution in [0.2, 0.25) is 0 Å². The molecule has 0 bridgehead atoms. The van der Waals surface area contributed by atoms with Crippen LogP contribution in [-0.4, -0.2) is 25.8 Å². The average Bonchev–Trinajstić information content (AvgIpc) is 2.46. The molecule has 2 heteroatoms. The second kappa shape index (κ2) is 2.21. The molecule has 2 nitrogen and oxygen atoms in total. The van der Waals surface area contributed by atoms with Crippen LogP contribution >= 0.6 is 0 Å². The van der Waals surface area contributed by atoms with Gasteiger partial charge in [-0.25, -0.2) is 0 Å². The Morgan fingerprint density at radius 1 is 1.60 bits per heavy atom. The van der Waals surface area contributed by atoms with Gasteiger partial charge >= 0.3 is 0 Å². The summed E-state index contributed by atoms with van der Waals surface area (Å²) in [6, 6.07) is 0.710.